The summed E-state index contributed by atoms with van der Waals surface area (Å²) in [6.45, 7) is 8.00. The Morgan fingerprint density at radius 3 is 2.14 bits per heavy atom. The van der Waals surface area contributed by atoms with Crippen molar-refractivity contribution in [3.63, 3.8) is 0 Å². The van der Waals surface area contributed by atoms with Crippen molar-refractivity contribution in [2.45, 2.75) is 66.2 Å². The molecule has 0 aromatic rings. The Hall–Kier alpha value is -0.260. The minimum atomic E-state index is 0.975. The zero-order valence-electron chi connectivity index (χ0n) is 10.6. The predicted molar refractivity (Wildman–Crippen MR) is 66.5 cm³/mol. The fraction of sp³-hybridized carbons (Fsp3) is 0.857. The summed E-state index contributed by atoms with van der Waals surface area (Å²) >= 11 is 0. The van der Waals surface area contributed by atoms with Gasteiger partial charge in [-0.15, -0.1) is 0 Å². The zero-order valence-corrected chi connectivity index (χ0v) is 10.6. The molecule has 0 amide bonds. The Kier molecular flexibility index (Phi) is 9.13. The van der Waals surface area contributed by atoms with E-state index in [0.717, 1.165) is 11.8 Å². The van der Waals surface area contributed by atoms with Crippen LogP contribution in [0.15, 0.2) is 12.2 Å². The molecule has 2 rings (SSSR count). The van der Waals surface area contributed by atoms with Gasteiger partial charge in [0.15, 0.2) is 0 Å². The van der Waals surface area contributed by atoms with Crippen molar-refractivity contribution >= 4 is 0 Å². The molecule has 14 heavy (non-hydrogen) atoms. The maximum atomic E-state index is 2.47. The lowest BCUT2D eigenvalue weighted by Gasteiger charge is -2.31. The van der Waals surface area contributed by atoms with Gasteiger partial charge in [0.2, 0.25) is 0 Å². The van der Waals surface area contributed by atoms with Gasteiger partial charge in [-0.3, -0.25) is 0 Å². The van der Waals surface area contributed by atoms with Crippen LogP contribution < -0.4 is 0 Å². The Balaban J connectivity index is 0.000000379. The van der Waals surface area contributed by atoms with E-state index in [9.17, 15) is 0 Å². The minimum absolute atomic E-state index is 0.975. The molecule has 2 aliphatic carbocycles. The van der Waals surface area contributed by atoms with Gasteiger partial charge in [-0.2, -0.15) is 0 Å². The lowest BCUT2D eigenvalue weighted by atomic mass is 9.74. The van der Waals surface area contributed by atoms with Crippen molar-refractivity contribution < 1.29 is 0 Å². The van der Waals surface area contributed by atoms with E-state index in [1.807, 2.05) is 27.7 Å². The van der Waals surface area contributed by atoms with Gasteiger partial charge in [0.05, 0.1) is 0 Å². The highest BCUT2D eigenvalue weighted by Gasteiger charge is 2.23. The van der Waals surface area contributed by atoms with Gasteiger partial charge in [0.1, 0.15) is 0 Å². The molecule has 0 heterocycles. The van der Waals surface area contributed by atoms with E-state index in [0.29, 0.717) is 0 Å². The Bertz CT molecular complexity index is 135. The standard InChI is InChI=1S/C10H16.2C2H6/c1-2-6-10-8-4-3-7-9(10)5-1;2*1-2/h1,5,9-10H,2-4,6-8H2;2*1-2H3. The number of fused-ring (bicyclic) bond motifs is 1. The molecule has 1 saturated carbocycles. The second kappa shape index (κ2) is 9.30. The van der Waals surface area contributed by atoms with Crippen LogP contribution in [0, 0.1) is 11.8 Å². The third kappa shape index (κ3) is 4.30. The Morgan fingerprint density at radius 2 is 1.50 bits per heavy atom. The molecule has 0 bridgehead atoms. The quantitative estimate of drug-likeness (QED) is 0.467. The zero-order chi connectivity index (χ0) is 10.8. The second-order valence-electron chi connectivity index (χ2n) is 3.71. The summed E-state index contributed by atoms with van der Waals surface area (Å²) in [6, 6.07) is 0. The first-order valence-corrected chi connectivity index (χ1v) is 6.63. The van der Waals surface area contributed by atoms with Crippen LogP contribution in [-0.2, 0) is 0 Å². The molecule has 1 fully saturated rings. The molecule has 0 saturated heterocycles. The van der Waals surface area contributed by atoms with Crippen LogP contribution in [0.1, 0.15) is 66.2 Å². The number of allylic oxidation sites excluding steroid dienone is 2. The molecule has 0 radical (unpaired) electrons. The number of hydrogen-bond donors (Lipinski definition) is 0. The fourth-order valence-electron chi connectivity index (χ4n) is 2.43. The van der Waals surface area contributed by atoms with Crippen LogP contribution in [0.5, 0.6) is 0 Å². The molecule has 0 nitrogen and oxygen atoms in total. The van der Waals surface area contributed by atoms with Crippen molar-refractivity contribution in [1.29, 1.82) is 0 Å². The molecular formula is C14H28. The molecule has 0 heteroatoms. The summed E-state index contributed by atoms with van der Waals surface area (Å²) in [5, 5.41) is 0. The summed E-state index contributed by atoms with van der Waals surface area (Å²) < 4.78 is 0. The maximum absolute atomic E-state index is 2.47. The summed E-state index contributed by atoms with van der Waals surface area (Å²) in [4.78, 5) is 0. The summed E-state index contributed by atoms with van der Waals surface area (Å²) in [6.07, 6.45) is 13.6. The normalized spacial score (nSPS) is 28.9. The number of rotatable bonds is 0. The van der Waals surface area contributed by atoms with E-state index in [1.54, 1.807) is 0 Å². The third-order valence-corrected chi connectivity index (χ3v) is 3.06. The van der Waals surface area contributed by atoms with E-state index >= 15 is 0 Å². The molecule has 0 aromatic carbocycles. The van der Waals surface area contributed by atoms with Crippen LogP contribution in [0.2, 0.25) is 0 Å². The average molecular weight is 196 g/mol. The molecule has 0 N–H and O–H groups in total. The van der Waals surface area contributed by atoms with Gasteiger partial charge in [-0.1, -0.05) is 52.7 Å². The van der Waals surface area contributed by atoms with Crippen molar-refractivity contribution in [2.75, 3.05) is 0 Å². The molecular weight excluding hydrogens is 168 g/mol. The van der Waals surface area contributed by atoms with Crippen LogP contribution in [0.25, 0.3) is 0 Å². The van der Waals surface area contributed by atoms with Crippen molar-refractivity contribution in [3.8, 4) is 0 Å². The van der Waals surface area contributed by atoms with Crippen molar-refractivity contribution in [2.24, 2.45) is 11.8 Å². The summed E-state index contributed by atoms with van der Waals surface area (Å²) in [5.74, 6) is 2.04. The highest BCUT2D eigenvalue weighted by Crippen LogP contribution is 2.36. The lowest BCUT2D eigenvalue weighted by molar-refractivity contribution is 0.259. The van der Waals surface area contributed by atoms with Crippen molar-refractivity contribution in [3.05, 3.63) is 12.2 Å². The first-order chi connectivity index (χ1) is 6.97. The molecule has 0 aromatic heterocycles. The molecule has 84 valence electrons. The van der Waals surface area contributed by atoms with E-state index in [-0.39, 0.29) is 0 Å². The molecule has 2 unspecified atom stereocenters. The first-order valence-electron chi connectivity index (χ1n) is 6.63. The van der Waals surface area contributed by atoms with E-state index in [1.165, 1.54) is 38.5 Å². The van der Waals surface area contributed by atoms with Gasteiger partial charge in [0.25, 0.3) is 0 Å². The highest BCUT2D eigenvalue weighted by molar-refractivity contribution is 4.98. The molecule has 2 aliphatic rings. The SMILES string of the molecule is C1=CC2CCCCC2CC1.CC.CC. The van der Waals surface area contributed by atoms with E-state index < -0.39 is 0 Å². The van der Waals surface area contributed by atoms with E-state index in [4.69, 9.17) is 0 Å². The highest BCUT2D eigenvalue weighted by atomic mass is 14.3. The van der Waals surface area contributed by atoms with Crippen molar-refractivity contribution in [1.82, 2.24) is 0 Å². The minimum Gasteiger partial charge on any atom is -0.0882 e. The third-order valence-electron chi connectivity index (χ3n) is 3.06. The number of hydrogen-bond acceptors (Lipinski definition) is 0. The lowest BCUT2D eigenvalue weighted by Crippen LogP contribution is -2.19. The van der Waals surface area contributed by atoms with Gasteiger partial charge in [-0.25, -0.2) is 0 Å². The van der Waals surface area contributed by atoms with E-state index in [2.05, 4.69) is 12.2 Å². The van der Waals surface area contributed by atoms with Crippen LogP contribution in [0.3, 0.4) is 0 Å². The van der Waals surface area contributed by atoms with Gasteiger partial charge < -0.3 is 0 Å². The van der Waals surface area contributed by atoms with Gasteiger partial charge in [0, 0.05) is 0 Å². The van der Waals surface area contributed by atoms with Crippen LogP contribution in [-0.4, -0.2) is 0 Å². The molecule has 0 spiro atoms. The summed E-state index contributed by atoms with van der Waals surface area (Å²) in [7, 11) is 0. The predicted octanol–water partition coefficient (Wildman–Crippen LogP) is 5.20. The van der Waals surface area contributed by atoms with Crippen LogP contribution >= 0.6 is 0 Å². The van der Waals surface area contributed by atoms with Gasteiger partial charge >= 0.3 is 0 Å². The maximum Gasteiger partial charge on any atom is -0.0205 e. The topological polar surface area (TPSA) is 0 Å². The molecule has 2 atom stereocenters. The largest absolute Gasteiger partial charge is 0.0882 e. The smallest absolute Gasteiger partial charge is 0.0205 e. The van der Waals surface area contributed by atoms with Crippen LogP contribution in [0.4, 0.5) is 0 Å². The summed E-state index contributed by atoms with van der Waals surface area (Å²) in [5.41, 5.74) is 0. The first kappa shape index (κ1) is 13.7. The average Bonchev–Trinajstić information content (AvgIpc) is 2.34. The Morgan fingerprint density at radius 1 is 0.857 bits per heavy atom. The molecule has 0 aliphatic heterocycles. The second-order valence-corrected chi connectivity index (χ2v) is 3.71. The van der Waals surface area contributed by atoms with Gasteiger partial charge in [-0.05, 0) is 37.5 Å². The monoisotopic (exact) mass is 196 g/mol. The fourth-order valence-corrected chi connectivity index (χ4v) is 2.43. The Labute approximate surface area is 90.8 Å².